The van der Waals surface area contributed by atoms with Crippen LogP contribution in [0.4, 0.5) is 0 Å². The molecule has 0 heterocycles. The number of sulfone groups is 1. The highest BCUT2D eigenvalue weighted by atomic mass is 32.2. The van der Waals surface area contributed by atoms with Gasteiger partial charge in [0.1, 0.15) is 34.5 Å². The molecule has 3 N–H and O–H groups in total. The lowest BCUT2D eigenvalue weighted by Crippen LogP contribution is -2.07. The minimum absolute atomic E-state index is 0.0556. The molecule has 0 saturated heterocycles. The lowest BCUT2D eigenvalue weighted by Gasteiger charge is -2.13. The van der Waals surface area contributed by atoms with E-state index in [9.17, 15) is 34.6 Å². The molecule has 54 heavy (non-hydrogen) atoms. The normalized spacial score (nSPS) is 11.6. The first kappa shape index (κ1) is 41.9. The molecule has 0 atom stereocenters. The average Bonchev–Trinajstić information content (AvgIpc) is 3.12. The quantitative estimate of drug-likeness (QED) is 0.0352. The second-order valence-corrected chi connectivity index (χ2v) is 16.6. The van der Waals surface area contributed by atoms with Crippen molar-refractivity contribution in [2.45, 2.75) is 33.1 Å². The second kappa shape index (κ2) is 18.0. The molecule has 5 aromatic carbocycles. The lowest BCUT2D eigenvalue weighted by molar-refractivity contribution is -0.432. The Bertz CT molecular complexity index is 2410. The summed E-state index contributed by atoms with van der Waals surface area (Å²) in [5.74, 6) is 0.356. The maximum Gasteiger partial charge on any atom is 0.298 e. The van der Waals surface area contributed by atoms with Crippen LogP contribution in [0.2, 0.25) is 0 Å². The molecule has 286 valence electrons. The van der Waals surface area contributed by atoms with Gasteiger partial charge in [-0.15, -0.1) is 4.33 Å². The standard InChI is InChI=1S/C34H28O12S3.CH4O3S/c1-22-3-14-29(15-4-22)48(37,38)30-16-12-27(13-17-30)43-21-25-6-5-23(19-32(25)47-46-45-36)34(35)24-7-18-31(33(20-24)49(39,40)41)44-28-10-8-26(42-2)9-11-28;1-5(2,3)4/h3-20,36H,21H2,1-2H3,(H,39,40,41);1H3,(H,2,3,4). The third kappa shape index (κ3) is 11.8. The maximum absolute atomic E-state index is 13.5. The number of ether oxygens (including phenoxy) is 3. The zero-order chi connectivity index (χ0) is 39.7. The molecule has 0 radical (unpaired) electrons. The van der Waals surface area contributed by atoms with Gasteiger partial charge in [0.25, 0.3) is 20.2 Å². The van der Waals surface area contributed by atoms with Gasteiger partial charge in [0.2, 0.25) is 9.84 Å². The average molecular weight is 821 g/mol. The van der Waals surface area contributed by atoms with E-state index in [4.69, 9.17) is 24.0 Å². The van der Waals surface area contributed by atoms with E-state index in [1.54, 1.807) is 54.6 Å². The van der Waals surface area contributed by atoms with Gasteiger partial charge < -0.3 is 14.2 Å². The third-order valence-electron chi connectivity index (χ3n) is 7.11. The number of rotatable bonds is 14. The molecule has 19 heteroatoms. The molecule has 0 saturated carbocycles. The summed E-state index contributed by atoms with van der Waals surface area (Å²) in [6, 6.07) is 26.7. The Kier molecular flexibility index (Phi) is 14.0. The van der Waals surface area contributed by atoms with Gasteiger partial charge in [0, 0.05) is 21.6 Å². The van der Waals surface area contributed by atoms with Crippen molar-refractivity contribution in [2.24, 2.45) is 0 Å². The van der Waals surface area contributed by atoms with Crippen molar-refractivity contribution in [3.8, 4) is 23.0 Å². The van der Waals surface area contributed by atoms with Crippen LogP contribution in [-0.4, -0.2) is 58.8 Å². The first-order chi connectivity index (χ1) is 25.4. The zero-order valence-corrected chi connectivity index (χ0v) is 31.7. The van der Waals surface area contributed by atoms with E-state index in [1.807, 2.05) is 6.92 Å². The summed E-state index contributed by atoms with van der Waals surface area (Å²) in [6.45, 7) is 1.81. The van der Waals surface area contributed by atoms with Crippen LogP contribution in [0.3, 0.4) is 0 Å². The largest absolute Gasteiger partial charge is 0.497 e. The highest BCUT2D eigenvalue weighted by molar-refractivity contribution is 7.94. The van der Waals surface area contributed by atoms with Gasteiger partial charge in [-0.25, -0.2) is 13.7 Å². The SMILES string of the molecule is COc1ccc(Oc2ccc(C(=O)c3ccc(COc4ccc(S(=O)(=O)c5ccc(C)cc5)cc4)c(SOOO)c3)cc2S(=O)(=O)O)cc1.CS(=O)(=O)O. The van der Waals surface area contributed by atoms with Crippen molar-refractivity contribution in [3.63, 3.8) is 0 Å². The molecule has 0 amide bonds. The molecular weight excluding hydrogens is 789 g/mol. The summed E-state index contributed by atoms with van der Waals surface area (Å²) in [5.41, 5.74) is 1.46. The Labute approximate surface area is 315 Å². The Morgan fingerprint density at radius 2 is 1.22 bits per heavy atom. The summed E-state index contributed by atoms with van der Waals surface area (Å²) in [7, 11) is -10.7. The van der Waals surface area contributed by atoms with E-state index in [-0.39, 0.29) is 39.0 Å². The van der Waals surface area contributed by atoms with Gasteiger partial charge in [-0.3, -0.25) is 13.9 Å². The van der Waals surface area contributed by atoms with Gasteiger partial charge in [-0.1, -0.05) is 34.9 Å². The minimum atomic E-state index is -4.81. The van der Waals surface area contributed by atoms with Crippen molar-refractivity contribution in [2.75, 3.05) is 13.4 Å². The zero-order valence-electron chi connectivity index (χ0n) is 28.5. The molecular formula is C35H32O15S4. The first-order valence-electron chi connectivity index (χ1n) is 15.1. The Hall–Kier alpha value is -4.83. The molecule has 15 nitrogen and oxygen atoms in total. The van der Waals surface area contributed by atoms with Crippen molar-refractivity contribution < 1.29 is 68.0 Å². The molecule has 0 fully saturated rings. The molecule has 0 aliphatic heterocycles. The number of benzene rings is 5. The molecule has 5 aromatic rings. The van der Waals surface area contributed by atoms with Crippen LogP contribution in [-0.2, 0) is 46.1 Å². The van der Waals surface area contributed by atoms with Crippen LogP contribution in [0.25, 0.3) is 0 Å². The van der Waals surface area contributed by atoms with E-state index in [0.29, 0.717) is 40.3 Å². The fraction of sp³-hybridized carbons (Fsp3) is 0.114. The van der Waals surface area contributed by atoms with Crippen LogP contribution < -0.4 is 14.2 Å². The predicted octanol–water partition coefficient (Wildman–Crippen LogP) is 6.62. The summed E-state index contributed by atoms with van der Waals surface area (Å²) in [4.78, 5) is 13.4. The number of hydrogen-bond acceptors (Lipinski definition) is 14. The lowest BCUT2D eigenvalue weighted by atomic mass is 10.0. The van der Waals surface area contributed by atoms with Gasteiger partial charge in [-0.05, 0) is 91.9 Å². The first-order valence-corrected chi connectivity index (χ1v) is 20.6. The number of carbonyl (C=O) groups excluding carboxylic acids is 1. The van der Waals surface area contributed by atoms with Gasteiger partial charge in [0.05, 0.1) is 35.2 Å². The molecule has 0 aliphatic carbocycles. The summed E-state index contributed by atoms with van der Waals surface area (Å²) >= 11 is 0.578. The number of methoxy groups -OCH3 is 1. The van der Waals surface area contributed by atoms with Crippen molar-refractivity contribution >= 4 is 47.9 Å². The van der Waals surface area contributed by atoms with Crippen molar-refractivity contribution in [1.29, 1.82) is 0 Å². The third-order valence-corrected chi connectivity index (χ3v) is 10.5. The minimum Gasteiger partial charge on any atom is -0.497 e. The highest BCUT2D eigenvalue weighted by Crippen LogP contribution is 2.33. The van der Waals surface area contributed by atoms with E-state index in [0.717, 1.165) is 11.6 Å². The Morgan fingerprint density at radius 1 is 0.704 bits per heavy atom. The fourth-order valence-corrected chi connectivity index (χ4v) is 6.96. The van der Waals surface area contributed by atoms with E-state index in [1.165, 1.54) is 55.6 Å². The highest BCUT2D eigenvalue weighted by Gasteiger charge is 2.22. The molecule has 5 rings (SSSR count). The Balaban J connectivity index is 0.00000122. The summed E-state index contributed by atoms with van der Waals surface area (Å²) in [5, 5.41) is 12.5. The molecule has 0 aromatic heterocycles. The fourth-order valence-electron chi connectivity index (χ4n) is 4.55. The van der Waals surface area contributed by atoms with E-state index in [2.05, 4.69) is 9.37 Å². The second-order valence-electron chi connectivity index (χ2n) is 11.1. The van der Waals surface area contributed by atoms with Crippen LogP contribution >= 0.6 is 12.0 Å². The Morgan fingerprint density at radius 3 is 1.78 bits per heavy atom. The van der Waals surface area contributed by atoms with Crippen LogP contribution in [0.5, 0.6) is 23.0 Å². The summed E-state index contributed by atoms with van der Waals surface area (Å²) < 4.78 is 107. The molecule has 0 spiro atoms. The van der Waals surface area contributed by atoms with Crippen molar-refractivity contribution in [3.05, 3.63) is 131 Å². The van der Waals surface area contributed by atoms with Crippen LogP contribution in [0.1, 0.15) is 27.0 Å². The number of carbonyl (C=O) groups is 1. The van der Waals surface area contributed by atoms with E-state index < -0.39 is 40.8 Å². The van der Waals surface area contributed by atoms with Gasteiger partial charge in [-0.2, -0.15) is 16.8 Å². The number of ketones is 1. The number of aryl methyl sites for hydroxylation is 1. The van der Waals surface area contributed by atoms with Crippen molar-refractivity contribution in [1.82, 2.24) is 0 Å². The smallest absolute Gasteiger partial charge is 0.298 e. The van der Waals surface area contributed by atoms with Crippen LogP contribution in [0, 0.1) is 6.92 Å². The van der Waals surface area contributed by atoms with Gasteiger partial charge in [0.15, 0.2) is 5.78 Å². The molecule has 0 unspecified atom stereocenters. The molecule has 0 aliphatic rings. The topological polar surface area (TPSA) is 226 Å². The maximum atomic E-state index is 13.5. The van der Waals surface area contributed by atoms with Gasteiger partial charge >= 0.3 is 0 Å². The number of hydrogen-bond donors (Lipinski definition) is 3. The van der Waals surface area contributed by atoms with Crippen LogP contribution in [0.15, 0.2) is 129 Å². The monoisotopic (exact) mass is 820 g/mol. The molecule has 0 bridgehead atoms. The predicted molar refractivity (Wildman–Crippen MR) is 195 cm³/mol. The summed E-state index contributed by atoms with van der Waals surface area (Å²) in [6.07, 6.45) is 0.715. The van der Waals surface area contributed by atoms with E-state index >= 15 is 0 Å².